The zero-order valence-electron chi connectivity index (χ0n) is 8.72. The molecular formula is C13H8ClO3-. The van der Waals surface area contributed by atoms with Crippen LogP contribution in [-0.4, -0.2) is 5.97 Å². The van der Waals surface area contributed by atoms with Crippen molar-refractivity contribution in [2.45, 2.75) is 0 Å². The number of hydrogen-bond donors (Lipinski definition) is 0. The molecule has 2 aromatic rings. The molecule has 0 spiro atoms. The van der Waals surface area contributed by atoms with Gasteiger partial charge in [-0.15, -0.1) is 0 Å². The van der Waals surface area contributed by atoms with Crippen molar-refractivity contribution in [1.29, 1.82) is 0 Å². The predicted octanol–water partition coefficient (Wildman–Crippen LogP) is 2.36. The first-order valence-corrected chi connectivity index (χ1v) is 5.28. The van der Waals surface area contributed by atoms with Crippen LogP contribution >= 0.6 is 11.6 Å². The van der Waals surface area contributed by atoms with Gasteiger partial charge in [-0.3, -0.25) is 0 Å². The highest BCUT2D eigenvalue weighted by Crippen LogP contribution is 2.24. The van der Waals surface area contributed by atoms with Crippen molar-refractivity contribution >= 4 is 23.6 Å². The molecule has 0 aliphatic carbocycles. The Hall–Kier alpha value is -2.00. The summed E-state index contributed by atoms with van der Waals surface area (Å²) in [5.41, 5.74) is 0.877. The van der Waals surface area contributed by atoms with Gasteiger partial charge in [0.2, 0.25) is 0 Å². The van der Waals surface area contributed by atoms with Gasteiger partial charge in [-0.2, -0.15) is 0 Å². The lowest BCUT2D eigenvalue weighted by molar-refractivity contribution is -0.297. The highest BCUT2D eigenvalue weighted by Gasteiger charge is 2.02. The van der Waals surface area contributed by atoms with E-state index in [-0.39, 0.29) is 0 Å². The van der Waals surface area contributed by atoms with Crippen molar-refractivity contribution in [2.75, 3.05) is 0 Å². The first kappa shape index (κ1) is 11.5. The van der Waals surface area contributed by atoms with E-state index in [0.717, 1.165) is 11.6 Å². The summed E-state index contributed by atoms with van der Waals surface area (Å²) in [6.45, 7) is 0. The van der Waals surface area contributed by atoms with E-state index in [9.17, 15) is 9.90 Å². The van der Waals surface area contributed by atoms with Gasteiger partial charge < -0.3 is 14.3 Å². The van der Waals surface area contributed by atoms with Crippen LogP contribution in [0.4, 0.5) is 0 Å². The number of carboxylic acids is 1. The number of furan rings is 1. The van der Waals surface area contributed by atoms with E-state index in [1.54, 1.807) is 24.3 Å². The monoisotopic (exact) mass is 247 g/mol. The molecular weight excluding hydrogens is 240 g/mol. The van der Waals surface area contributed by atoms with Crippen LogP contribution in [0.2, 0.25) is 5.02 Å². The van der Waals surface area contributed by atoms with Gasteiger partial charge in [-0.1, -0.05) is 11.6 Å². The van der Waals surface area contributed by atoms with Crippen LogP contribution in [0.25, 0.3) is 17.4 Å². The second-order valence-corrected chi connectivity index (χ2v) is 3.80. The van der Waals surface area contributed by atoms with Gasteiger partial charge in [0.25, 0.3) is 0 Å². The minimum Gasteiger partial charge on any atom is -0.545 e. The summed E-state index contributed by atoms with van der Waals surface area (Å²) in [5, 5.41) is 10.9. The van der Waals surface area contributed by atoms with E-state index in [2.05, 4.69) is 0 Å². The summed E-state index contributed by atoms with van der Waals surface area (Å²) in [5.74, 6) is -0.145. The molecule has 0 amide bonds. The van der Waals surface area contributed by atoms with E-state index >= 15 is 0 Å². The molecule has 0 N–H and O–H groups in total. The predicted molar refractivity (Wildman–Crippen MR) is 63.2 cm³/mol. The summed E-state index contributed by atoms with van der Waals surface area (Å²) in [7, 11) is 0. The summed E-state index contributed by atoms with van der Waals surface area (Å²) < 4.78 is 5.44. The molecule has 3 nitrogen and oxygen atoms in total. The molecule has 17 heavy (non-hydrogen) atoms. The molecule has 4 heteroatoms. The molecule has 0 aliphatic rings. The third kappa shape index (κ3) is 2.98. The van der Waals surface area contributed by atoms with Gasteiger partial charge in [0.1, 0.15) is 11.5 Å². The summed E-state index contributed by atoms with van der Waals surface area (Å²) in [6.07, 6.45) is 2.26. The van der Waals surface area contributed by atoms with Crippen molar-refractivity contribution in [1.82, 2.24) is 0 Å². The lowest BCUT2D eigenvalue weighted by Crippen LogP contribution is -2.18. The lowest BCUT2D eigenvalue weighted by Gasteiger charge is -1.96. The number of benzene rings is 1. The highest BCUT2D eigenvalue weighted by molar-refractivity contribution is 6.30. The molecule has 0 saturated carbocycles. The topological polar surface area (TPSA) is 53.3 Å². The second-order valence-electron chi connectivity index (χ2n) is 3.36. The Balaban J connectivity index is 2.23. The molecule has 0 aliphatic heterocycles. The molecule has 86 valence electrons. The number of rotatable bonds is 3. The molecule has 0 saturated heterocycles. The Kier molecular flexibility index (Phi) is 3.30. The molecule has 0 bridgehead atoms. The molecule has 0 unspecified atom stereocenters. The number of halogens is 1. The van der Waals surface area contributed by atoms with Crippen LogP contribution in [0, 0.1) is 0 Å². The minimum atomic E-state index is -1.26. The van der Waals surface area contributed by atoms with Crippen LogP contribution in [0.1, 0.15) is 5.76 Å². The van der Waals surface area contributed by atoms with E-state index in [1.165, 1.54) is 6.08 Å². The maximum Gasteiger partial charge on any atom is 0.134 e. The summed E-state index contributed by atoms with van der Waals surface area (Å²) in [6, 6.07) is 10.6. The van der Waals surface area contributed by atoms with Gasteiger partial charge in [0.05, 0.1) is 5.97 Å². The van der Waals surface area contributed by atoms with Gasteiger partial charge >= 0.3 is 0 Å². The molecule has 1 aromatic heterocycles. The fourth-order valence-electron chi connectivity index (χ4n) is 1.36. The van der Waals surface area contributed by atoms with Crippen molar-refractivity contribution in [2.24, 2.45) is 0 Å². The van der Waals surface area contributed by atoms with Gasteiger partial charge in [0.15, 0.2) is 0 Å². The molecule has 0 radical (unpaired) electrons. The first-order valence-electron chi connectivity index (χ1n) is 4.90. The largest absolute Gasteiger partial charge is 0.545 e. The maximum atomic E-state index is 10.2. The highest BCUT2D eigenvalue weighted by atomic mass is 35.5. The summed E-state index contributed by atoms with van der Waals surface area (Å²) in [4.78, 5) is 10.2. The first-order chi connectivity index (χ1) is 8.15. The normalized spacial score (nSPS) is 10.9. The number of hydrogen-bond acceptors (Lipinski definition) is 3. The SMILES string of the molecule is O=C([O-])/C=C/c1ccc(-c2ccc(Cl)cc2)o1. The van der Waals surface area contributed by atoms with Crippen LogP contribution in [-0.2, 0) is 4.79 Å². The van der Waals surface area contributed by atoms with E-state index in [0.29, 0.717) is 16.5 Å². The number of carboxylic acid groups (broad SMARTS) is 1. The Bertz CT molecular complexity index is 552. The molecule has 1 heterocycles. The maximum absolute atomic E-state index is 10.2. The molecule has 1 aromatic carbocycles. The van der Waals surface area contributed by atoms with Crippen LogP contribution in [0.3, 0.4) is 0 Å². The van der Waals surface area contributed by atoms with Crippen LogP contribution in [0.15, 0.2) is 46.9 Å². The van der Waals surface area contributed by atoms with Crippen molar-refractivity contribution < 1.29 is 14.3 Å². The Morgan fingerprint density at radius 3 is 2.53 bits per heavy atom. The zero-order valence-corrected chi connectivity index (χ0v) is 9.48. The number of carbonyl (C=O) groups excluding carboxylic acids is 1. The molecule has 0 fully saturated rings. The van der Waals surface area contributed by atoms with Gasteiger partial charge in [0, 0.05) is 10.6 Å². The van der Waals surface area contributed by atoms with Gasteiger partial charge in [-0.25, -0.2) is 0 Å². The third-order valence-electron chi connectivity index (χ3n) is 2.14. The average molecular weight is 248 g/mol. The lowest BCUT2D eigenvalue weighted by atomic mass is 10.2. The standard InChI is InChI=1S/C13H9ClO3/c14-10-3-1-9(2-4-10)12-7-5-11(17-12)6-8-13(15)16/h1-8H,(H,15,16)/p-1/b8-6+. The van der Waals surface area contributed by atoms with Crippen molar-refractivity contribution in [3.63, 3.8) is 0 Å². The van der Waals surface area contributed by atoms with Crippen LogP contribution in [0.5, 0.6) is 0 Å². The van der Waals surface area contributed by atoms with Gasteiger partial charge in [-0.05, 0) is 48.6 Å². The van der Waals surface area contributed by atoms with E-state index in [4.69, 9.17) is 16.0 Å². The summed E-state index contributed by atoms with van der Waals surface area (Å²) >= 11 is 5.77. The average Bonchev–Trinajstić information content (AvgIpc) is 2.76. The quantitative estimate of drug-likeness (QED) is 0.783. The number of aliphatic carboxylic acids is 1. The van der Waals surface area contributed by atoms with Crippen molar-refractivity contribution in [3.8, 4) is 11.3 Å². The Morgan fingerprint density at radius 1 is 1.18 bits per heavy atom. The second kappa shape index (κ2) is 4.89. The van der Waals surface area contributed by atoms with E-state index in [1.807, 2.05) is 12.1 Å². The minimum absolute atomic E-state index is 0.458. The fraction of sp³-hybridized carbons (Fsp3) is 0. The van der Waals surface area contributed by atoms with E-state index < -0.39 is 5.97 Å². The van der Waals surface area contributed by atoms with Crippen molar-refractivity contribution in [3.05, 3.63) is 53.3 Å². The fourth-order valence-corrected chi connectivity index (χ4v) is 1.49. The number of carbonyl (C=O) groups is 1. The molecule has 2 rings (SSSR count). The third-order valence-corrected chi connectivity index (χ3v) is 2.39. The molecule has 0 atom stereocenters. The Morgan fingerprint density at radius 2 is 1.88 bits per heavy atom. The Labute approximate surface area is 103 Å². The van der Waals surface area contributed by atoms with Crippen LogP contribution < -0.4 is 5.11 Å². The zero-order chi connectivity index (χ0) is 12.3. The smallest absolute Gasteiger partial charge is 0.134 e.